The molecule has 0 spiro atoms. The lowest BCUT2D eigenvalue weighted by Gasteiger charge is -2.24. The Hall–Kier alpha value is -2.45. The fraction of sp³-hybridized carbons (Fsp3) is 0.235. The highest BCUT2D eigenvalue weighted by Gasteiger charge is 2.28. The molecule has 0 fully saturated rings. The number of benzene rings is 2. The van der Waals surface area contributed by atoms with E-state index in [4.69, 9.17) is 21.1 Å². The van der Waals surface area contributed by atoms with Gasteiger partial charge in [-0.1, -0.05) is 11.6 Å². The second-order valence-electron chi connectivity index (χ2n) is 5.08. The Morgan fingerprint density at radius 3 is 2.15 bits per heavy atom. The summed E-state index contributed by atoms with van der Waals surface area (Å²) in [6.07, 6.45) is 0. The molecule has 0 aliphatic carbocycles. The Morgan fingerprint density at radius 2 is 1.62 bits per heavy atom. The molecule has 140 valence electrons. The van der Waals surface area contributed by atoms with Gasteiger partial charge in [-0.15, -0.1) is 0 Å². The Kier molecular flexibility index (Phi) is 6.33. The van der Waals surface area contributed by atoms with E-state index >= 15 is 0 Å². The number of methoxy groups -OCH3 is 3. The van der Waals surface area contributed by atoms with Crippen LogP contribution >= 0.6 is 11.6 Å². The zero-order chi connectivity index (χ0) is 19.3. The largest absolute Gasteiger partial charge is 0.493 e. The minimum Gasteiger partial charge on any atom is -0.493 e. The van der Waals surface area contributed by atoms with Gasteiger partial charge < -0.3 is 14.2 Å². The van der Waals surface area contributed by atoms with E-state index in [2.05, 4.69) is 4.74 Å². The number of halogens is 1. The summed E-state index contributed by atoms with van der Waals surface area (Å²) in [4.78, 5) is 11.7. The fourth-order valence-electron chi connectivity index (χ4n) is 2.21. The molecule has 0 aliphatic rings. The van der Waals surface area contributed by atoms with Gasteiger partial charge in [-0.3, -0.25) is 9.10 Å². The van der Waals surface area contributed by atoms with Gasteiger partial charge in [0.15, 0.2) is 11.5 Å². The van der Waals surface area contributed by atoms with Gasteiger partial charge in [0, 0.05) is 11.1 Å². The first kappa shape index (κ1) is 19.9. The zero-order valence-electron chi connectivity index (χ0n) is 14.4. The molecule has 26 heavy (non-hydrogen) atoms. The summed E-state index contributed by atoms with van der Waals surface area (Å²) < 4.78 is 42.1. The Morgan fingerprint density at radius 1 is 1.00 bits per heavy atom. The summed E-state index contributed by atoms with van der Waals surface area (Å²) in [6, 6.07) is 10.2. The van der Waals surface area contributed by atoms with Crippen LogP contribution in [0.4, 0.5) is 5.69 Å². The van der Waals surface area contributed by atoms with Crippen molar-refractivity contribution in [3.63, 3.8) is 0 Å². The maximum absolute atomic E-state index is 13.1. The molecule has 0 aliphatic heterocycles. The van der Waals surface area contributed by atoms with Crippen molar-refractivity contribution >= 4 is 33.3 Å². The summed E-state index contributed by atoms with van der Waals surface area (Å²) in [5.74, 6) is -0.0656. The second kappa shape index (κ2) is 8.29. The molecule has 0 atom stereocenters. The number of carbonyl (C=O) groups is 1. The van der Waals surface area contributed by atoms with Gasteiger partial charge in [-0.05, 0) is 36.4 Å². The van der Waals surface area contributed by atoms with E-state index in [1.807, 2.05) is 0 Å². The molecular formula is C17H18ClNO6S. The van der Waals surface area contributed by atoms with Crippen molar-refractivity contribution in [2.45, 2.75) is 4.90 Å². The van der Waals surface area contributed by atoms with E-state index in [-0.39, 0.29) is 16.3 Å². The molecule has 0 heterocycles. The quantitative estimate of drug-likeness (QED) is 0.666. The number of rotatable bonds is 7. The van der Waals surface area contributed by atoms with E-state index in [9.17, 15) is 13.2 Å². The lowest BCUT2D eigenvalue weighted by Crippen LogP contribution is -2.36. The first-order valence-electron chi connectivity index (χ1n) is 7.40. The number of esters is 1. The van der Waals surface area contributed by atoms with Crippen LogP contribution in [0.5, 0.6) is 11.5 Å². The molecule has 0 saturated carbocycles. The minimum absolute atomic E-state index is 0.0611. The third kappa shape index (κ3) is 4.20. The Labute approximate surface area is 157 Å². The molecule has 0 radical (unpaired) electrons. The number of nitrogens with zero attached hydrogens (tertiary/aromatic N) is 1. The third-order valence-electron chi connectivity index (χ3n) is 3.56. The summed E-state index contributed by atoms with van der Waals surface area (Å²) in [6.45, 7) is -0.491. The number of hydrogen-bond acceptors (Lipinski definition) is 6. The van der Waals surface area contributed by atoms with E-state index in [1.165, 1.54) is 63.8 Å². The van der Waals surface area contributed by atoms with Gasteiger partial charge in [0.25, 0.3) is 10.0 Å². The third-order valence-corrected chi connectivity index (χ3v) is 5.58. The van der Waals surface area contributed by atoms with Crippen LogP contribution in [-0.4, -0.2) is 42.3 Å². The lowest BCUT2D eigenvalue weighted by molar-refractivity contribution is -0.138. The summed E-state index contributed by atoms with van der Waals surface area (Å²) >= 11 is 5.86. The Bertz CT molecular complexity index is 883. The predicted octanol–water partition coefficient (Wildman–Crippen LogP) is 2.73. The molecule has 2 rings (SSSR count). The molecule has 7 nitrogen and oxygen atoms in total. The van der Waals surface area contributed by atoms with Crippen molar-refractivity contribution in [2.24, 2.45) is 0 Å². The SMILES string of the molecule is COC(=O)CN(c1ccc(Cl)cc1)S(=O)(=O)c1ccc(OC)c(OC)c1. The van der Waals surface area contributed by atoms with Crippen LogP contribution in [0.1, 0.15) is 0 Å². The fourth-order valence-corrected chi connectivity index (χ4v) is 3.76. The lowest BCUT2D eigenvalue weighted by atomic mass is 10.3. The molecule has 2 aromatic rings. The van der Waals surface area contributed by atoms with Crippen molar-refractivity contribution in [3.05, 3.63) is 47.5 Å². The molecule has 0 amide bonds. The van der Waals surface area contributed by atoms with Crippen molar-refractivity contribution in [1.82, 2.24) is 0 Å². The predicted molar refractivity (Wildman–Crippen MR) is 97.5 cm³/mol. The van der Waals surface area contributed by atoms with E-state index in [0.717, 1.165) is 4.31 Å². The zero-order valence-corrected chi connectivity index (χ0v) is 16.0. The maximum Gasteiger partial charge on any atom is 0.326 e. The topological polar surface area (TPSA) is 82.1 Å². The van der Waals surface area contributed by atoms with Gasteiger partial charge in [0.05, 0.1) is 31.9 Å². The number of carbonyl (C=O) groups excluding carboxylic acids is 1. The molecule has 0 saturated heterocycles. The van der Waals surface area contributed by atoms with Crippen molar-refractivity contribution in [3.8, 4) is 11.5 Å². The molecular weight excluding hydrogens is 382 g/mol. The van der Waals surface area contributed by atoms with Gasteiger partial charge in [-0.25, -0.2) is 8.42 Å². The highest BCUT2D eigenvalue weighted by Crippen LogP contribution is 2.32. The van der Waals surface area contributed by atoms with Gasteiger partial charge in [0.2, 0.25) is 0 Å². The van der Waals surface area contributed by atoms with Crippen LogP contribution in [0, 0.1) is 0 Å². The minimum atomic E-state index is -4.08. The average molecular weight is 400 g/mol. The maximum atomic E-state index is 13.1. The summed E-state index contributed by atoms with van der Waals surface area (Å²) in [7, 11) is -0.0398. The standard InChI is InChI=1S/C17H18ClNO6S/c1-23-15-9-8-14(10-16(15)24-2)26(21,22)19(11-17(20)25-3)13-6-4-12(18)5-7-13/h4-10H,11H2,1-3H3. The summed E-state index contributed by atoms with van der Waals surface area (Å²) in [5, 5.41) is 0.440. The molecule has 0 bridgehead atoms. The second-order valence-corrected chi connectivity index (χ2v) is 7.38. The van der Waals surface area contributed by atoms with Crippen LogP contribution in [0.25, 0.3) is 0 Å². The van der Waals surface area contributed by atoms with Gasteiger partial charge >= 0.3 is 5.97 Å². The molecule has 9 heteroatoms. The van der Waals surface area contributed by atoms with Crippen LogP contribution in [0.15, 0.2) is 47.4 Å². The Balaban J connectivity index is 2.54. The van der Waals surface area contributed by atoms with E-state index in [0.29, 0.717) is 10.8 Å². The molecule has 0 N–H and O–H groups in total. The molecule has 0 unspecified atom stereocenters. The van der Waals surface area contributed by atoms with Gasteiger partial charge in [0.1, 0.15) is 6.54 Å². The van der Waals surface area contributed by atoms with Gasteiger partial charge in [-0.2, -0.15) is 0 Å². The van der Waals surface area contributed by atoms with Crippen LogP contribution in [-0.2, 0) is 19.6 Å². The molecule has 0 aromatic heterocycles. The van der Waals surface area contributed by atoms with Crippen molar-refractivity contribution in [2.75, 3.05) is 32.2 Å². The van der Waals surface area contributed by atoms with Crippen LogP contribution in [0.2, 0.25) is 5.02 Å². The number of ether oxygens (including phenoxy) is 3. The highest BCUT2D eigenvalue weighted by molar-refractivity contribution is 7.92. The first-order chi connectivity index (χ1) is 12.3. The van der Waals surface area contributed by atoms with E-state index < -0.39 is 22.5 Å². The number of sulfonamides is 1. The average Bonchev–Trinajstić information content (AvgIpc) is 2.65. The summed E-state index contributed by atoms with van der Waals surface area (Å²) in [5.41, 5.74) is 0.273. The monoisotopic (exact) mass is 399 g/mol. The smallest absolute Gasteiger partial charge is 0.326 e. The number of hydrogen-bond donors (Lipinski definition) is 0. The van der Waals surface area contributed by atoms with Crippen molar-refractivity contribution in [1.29, 1.82) is 0 Å². The van der Waals surface area contributed by atoms with Crippen molar-refractivity contribution < 1.29 is 27.4 Å². The van der Waals surface area contributed by atoms with Crippen LogP contribution < -0.4 is 13.8 Å². The molecule has 2 aromatic carbocycles. The highest BCUT2D eigenvalue weighted by atomic mass is 35.5. The van der Waals surface area contributed by atoms with Crippen LogP contribution in [0.3, 0.4) is 0 Å². The normalized spacial score (nSPS) is 10.9. The first-order valence-corrected chi connectivity index (χ1v) is 9.22. The van der Waals surface area contributed by atoms with E-state index in [1.54, 1.807) is 0 Å². The number of anilines is 1.